The summed E-state index contributed by atoms with van der Waals surface area (Å²) >= 11 is 0. The van der Waals surface area contributed by atoms with Crippen LogP contribution in [0.5, 0.6) is 0 Å². The van der Waals surface area contributed by atoms with Crippen LogP contribution in [-0.4, -0.2) is 24.7 Å². The smallest absolute Gasteiger partial charge is 0.260 e. The summed E-state index contributed by atoms with van der Waals surface area (Å²) in [4.78, 5) is 19.1. The molecule has 0 saturated carbocycles. The van der Waals surface area contributed by atoms with Gasteiger partial charge >= 0.3 is 0 Å². The first-order chi connectivity index (χ1) is 10.2. The highest BCUT2D eigenvalue weighted by Gasteiger charge is 2.06. The van der Waals surface area contributed by atoms with Gasteiger partial charge in [0.05, 0.1) is 17.4 Å². The number of aromatic nitrogens is 5. The lowest BCUT2D eigenvalue weighted by molar-refractivity contribution is 0.706. The van der Waals surface area contributed by atoms with E-state index in [-0.39, 0.29) is 5.56 Å². The lowest BCUT2D eigenvalue weighted by Gasteiger charge is -2.07. The molecule has 0 unspecified atom stereocenters. The van der Waals surface area contributed by atoms with Crippen molar-refractivity contribution in [2.45, 2.75) is 20.0 Å². The first-order valence-corrected chi connectivity index (χ1v) is 6.57. The summed E-state index contributed by atoms with van der Waals surface area (Å²) in [5.41, 5.74) is 6.57. The van der Waals surface area contributed by atoms with Gasteiger partial charge in [0.25, 0.3) is 5.56 Å². The van der Waals surface area contributed by atoms with E-state index in [1.807, 2.05) is 11.5 Å². The first kappa shape index (κ1) is 13.1. The van der Waals surface area contributed by atoms with Crippen LogP contribution >= 0.6 is 0 Å². The molecule has 108 valence electrons. The summed E-state index contributed by atoms with van der Waals surface area (Å²) in [7, 11) is 0. The van der Waals surface area contributed by atoms with Gasteiger partial charge in [-0.3, -0.25) is 9.78 Å². The minimum absolute atomic E-state index is 0.230. The molecule has 8 nitrogen and oxygen atoms in total. The molecule has 0 bridgehead atoms. The van der Waals surface area contributed by atoms with E-state index < -0.39 is 0 Å². The minimum atomic E-state index is -0.230. The Balaban J connectivity index is 1.88. The molecule has 0 atom stereocenters. The van der Waals surface area contributed by atoms with Gasteiger partial charge in [-0.05, 0) is 25.1 Å². The van der Waals surface area contributed by atoms with Gasteiger partial charge in [0.15, 0.2) is 5.82 Å². The van der Waals surface area contributed by atoms with Crippen LogP contribution in [0.15, 0.2) is 29.3 Å². The van der Waals surface area contributed by atoms with E-state index in [1.165, 1.54) is 0 Å². The van der Waals surface area contributed by atoms with Crippen molar-refractivity contribution in [3.63, 3.8) is 0 Å². The van der Waals surface area contributed by atoms with Crippen molar-refractivity contribution in [2.24, 2.45) is 0 Å². The molecule has 2 heterocycles. The second-order valence-corrected chi connectivity index (χ2v) is 4.58. The molecule has 0 spiro atoms. The van der Waals surface area contributed by atoms with Crippen LogP contribution in [0.1, 0.15) is 12.7 Å². The van der Waals surface area contributed by atoms with E-state index in [4.69, 9.17) is 5.73 Å². The highest BCUT2D eigenvalue weighted by atomic mass is 16.1. The monoisotopic (exact) mass is 285 g/mol. The molecule has 21 heavy (non-hydrogen) atoms. The summed E-state index contributed by atoms with van der Waals surface area (Å²) in [6.07, 6.45) is 1.66. The number of anilines is 2. The van der Waals surface area contributed by atoms with Gasteiger partial charge in [-0.1, -0.05) is 0 Å². The largest absolute Gasteiger partial charge is 0.399 e. The van der Waals surface area contributed by atoms with Gasteiger partial charge in [-0.25, -0.2) is 4.98 Å². The Bertz CT molecular complexity index is 836. The van der Waals surface area contributed by atoms with Crippen LogP contribution in [0.25, 0.3) is 10.9 Å². The van der Waals surface area contributed by atoms with E-state index in [1.54, 1.807) is 24.5 Å². The van der Waals surface area contributed by atoms with Crippen LogP contribution in [0.3, 0.4) is 0 Å². The molecule has 4 N–H and O–H groups in total. The zero-order chi connectivity index (χ0) is 14.8. The molecule has 0 fully saturated rings. The molecule has 3 rings (SSSR count). The van der Waals surface area contributed by atoms with Crippen LogP contribution in [0, 0.1) is 0 Å². The first-order valence-electron chi connectivity index (χ1n) is 6.57. The fourth-order valence-electron chi connectivity index (χ4n) is 2.08. The van der Waals surface area contributed by atoms with Crippen molar-refractivity contribution in [3.05, 3.63) is 40.7 Å². The number of benzene rings is 1. The predicted octanol–water partition coefficient (Wildman–Crippen LogP) is 0.729. The molecule has 0 saturated heterocycles. The number of nitrogens with one attached hydrogen (secondary N) is 2. The highest BCUT2D eigenvalue weighted by molar-refractivity contribution is 5.81. The van der Waals surface area contributed by atoms with Crippen molar-refractivity contribution in [2.75, 3.05) is 11.1 Å². The average molecular weight is 285 g/mol. The number of hydrogen-bond donors (Lipinski definition) is 3. The summed E-state index contributed by atoms with van der Waals surface area (Å²) < 4.78 is 1.91. The van der Waals surface area contributed by atoms with E-state index in [0.717, 1.165) is 12.4 Å². The molecule has 0 aliphatic rings. The van der Waals surface area contributed by atoms with Crippen LogP contribution in [0.4, 0.5) is 11.6 Å². The van der Waals surface area contributed by atoms with Crippen LogP contribution < -0.4 is 16.6 Å². The number of H-pyrrole nitrogens is 1. The van der Waals surface area contributed by atoms with Crippen LogP contribution in [0.2, 0.25) is 0 Å². The molecule has 2 aromatic heterocycles. The third-order valence-corrected chi connectivity index (χ3v) is 3.18. The number of nitrogen functional groups attached to an aromatic ring is 1. The molecule has 8 heteroatoms. The third-order valence-electron chi connectivity index (χ3n) is 3.18. The maximum absolute atomic E-state index is 12.0. The number of aromatic amines is 1. The summed E-state index contributed by atoms with van der Waals surface area (Å²) in [5, 5.41) is 11.4. The number of rotatable bonds is 4. The zero-order valence-electron chi connectivity index (χ0n) is 11.5. The standard InChI is InChI=1S/C13H15N7O/c1-2-20-7-16-19-11(20)6-15-13-17-10-4-3-8(14)5-9(10)12(21)18-13/h3-5,7H,2,6,14H2,1H3,(H2,15,17,18,21). The number of hydrogen-bond acceptors (Lipinski definition) is 6. The Morgan fingerprint density at radius 3 is 3.10 bits per heavy atom. The summed E-state index contributed by atoms with van der Waals surface area (Å²) in [6, 6.07) is 5.05. The SMILES string of the molecule is CCn1cnnc1CNc1nc2ccc(N)cc2c(=O)[nH]1. The Kier molecular flexibility index (Phi) is 3.27. The Hall–Kier alpha value is -2.90. The zero-order valence-corrected chi connectivity index (χ0v) is 11.5. The number of nitrogens with two attached hydrogens (primary N) is 1. The normalized spacial score (nSPS) is 10.9. The molecule has 0 amide bonds. The molecule has 0 radical (unpaired) electrons. The maximum atomic E-state index is 12.0. The number of nitrogens with zero attached hydrogens (tertiary/aromatic N) is 4. The second-order valence-electron chi connectivity index (χ2n) is 4.58. The van der Waals surface area contributed by atoms with Gasteiger partial charge in [-0.2, -0.15) is 0 Å². The Labute approximate surface area is 120 Å². The van der Waals surface area contributed by atoms with E-state index >= 15 is 0 Å². The van der Waals surface area contributed by atoms with E-state index in [2.05, 4.69) is 25.5 Å². The summed E-state index contributed by atoms with van der Waals surface area (Å²) in [5.74, 6) is 1.17. The highest BCUT2D eigenvalue weighted by Crippen LogP contribution is 2.13. The lowest BCUT2D eigenvalue weighted by Crippen LogP contribution is -2.15. The van der Waals surface area contributed by atoms with E-state index in [9.17, 15) is 4.79 Å². The predicted molar refractivity (Wildman–Crippen MR) is 79.8 cm³/mol. The van der Waals surface area contributed by atoms with Gasteiger partial charge in [0.1, 0.15) is 6.33 Å². The van der Waals surface area contributed by atoms with Gasteiger partial charge in [0, 0.05) is 12.2 Å². The van der Waals surface area contributed by atoms with Crippen LogP contribution in [-0.2, 0) is 13.1 Å². The van der Waals surface area contributed by atoms with Crippen molar-refractivity contribution in [1.29, 1.82) is 0 Å². The lowest BCUT2D eigenvalue weighted by atomic mass is 10.2. The Morgan fingerprint density at radius 2 is 2.29 bits per heavy atom. The van der Waals surface area contributed by atoms with E-state index in [0.29, 0.717) is 29.1 Å². The summed E-state index contributed by atoms with van der Waals surface area (Å²) in [6.45, 7) is 3.22. The molecular weight excluding hydrogens is 270 g/mol. The molecular formula is C13H15N7O. The van der Waals surface area contributed by atoms with Crippen molar-refractivity contribution in [3.8, 4) is 0 Å². The molecule has 1 aromatic carbocycles. The van der Waals surface area contributed by atoms with Gasteiger partial charge in [0.2, 0.25) is 5.95 Å². The fourth-order valence-corrected chi connectivity index (χ4v) is 2.08. The third kappa shape index (κ3) is 2.55. The van der Waals surface area contributed by atoms with Gasteiger partial charge < -0.3 is 15.6 Å². The fraction of sp³-hybridized carbons (Fsp3) is 0.231. The number of aryl methyl sites for hydroxylation is 1. The second kappa shape index (κ2) is 5.23. The molecule has 3 aromatic rings. The molecule has 0 aliphatic heterocycles. The molecule has 0 aliphatic carbocycles. The van der Waals surface area contributed by atoms with Crippen molar-refractivity contribution in [1.82, 2.24) is 24.7 Å². The minimum Gasteiger partial charge on any atom is -0.399 e. The average Bonchev–Trinajstić information content (AvgIpc) is 2.93. The maximum Gasteiger partial charge on any atom is 0.260 e. The quantitative estimate of drug-likeness (QED) is 0.609. The number of fused-ring (bicyclic) bond motifs is 1. The van der Waals surface area contributed by atoms with Gasteiger partial charge in [-0.15, -0.1) is 10.2 Å². The topological polar surface area (TPSA) is 115 Å². The van der Waals surface area contributed by atoms with Crippen molar-refractivity contribution >= 4 is 22.5 Å². The Morgan fingerprint density at radius 1 is 1.43 bits per heavy atom. The van der Waals surface area contributed by atoms with Crippen molar-refractivity contribution < 1.29 is 0 Å².